The van der Waals surface area contributed by atoms with E-state index in [-0.39, 0.29) is 37.8 Å². The fourth-order valence-electron chi connectivity index (χ4n) is 3.09. The molecule has 0 fully saturated rings. The number of thioether (sulfide) groups is 1. The molecule has 2 heterocycles. The number of anilines is 1. The summed E-state index contributed by atoms with van der Waals surface area (Å²) in [4.78, 5) is 47.2. The van der Waals surface area contributed by atoms with Gasteiger partial charge < -0.3 is 20.2 Å². The van der Waals surface area contributed by atoms with Gasteiger partial charge in [0, 0.05) is 5.75 Å². The van der Waals surface area contributed by atoms with Crippen LogP contribution in [-0.2, 0) is 32.0 Å². The number of esters is 2. The van der Waals surface area contributed by atoms with Crippen LogP contribution in [0.3, 0.4) is 0 Å². The lowest BCUT2D eigenvalue weighted by Gasteiger charge is -2.08. The van der Waals surface area contributed by atoms with Gasteiger partial charge in [0.05, 0.1) is 26.0 Å². The lowest BCUT2D eigenvalue weighted by molar-refractivity contribution is -0.143. The van der Waals surface area contributed by atoms with Gasteiger partial charge in [-0.25, -0.2) is 19.2 Å². The Hall–Kier alpha value is -3.41. The molecule has 2 aromatic heterocycles. The van der Waals surface area contributed by atoms with Crippen molar-refractivity contribution in [2.45, 2.75) is 31.5 Å². The topological polar surface area (TPSA) is 142 Å². The van der Waals surface area contributed by atoms with E-state index in [0.717, 1.165) is 5.56 Å². The highest BCUT2D eigenvalue weighted by Gasteiger charge is 2.15. The second-order valence-electron chi connectivity index (χ2n) is 6.92. The average molecular weight is 478 g/mol. The Balaban J connectivity index is 1.79. The molecular formula is C21H24FN5O5S. The first-order chi connectivity index (χ1) is 15.9. The number of fused-ring (bicyclic) bond motifs is 1. The van der Waals surface area contributed by atoms with Crippen LogP contribution in [-0.4, -0.2) is 57.1 Å². The predicted molar refractivity (Wildman–Crippen MR) is 121 cm³/mol. The molecule has 0 bridgehead atoms. The van der Waals surface area contributed by atoms with E-state index in [2.05, 4.69) is 15.0 Å². The Labute approximate surface area is 192 Å². The number of halogens is 1. The Morgan fingerprint density at radius 3 is 2.76 bits per heavy atom. The van der Waals surface area contributed by atoms with Crippen LogP contribution in [0.1, 0.15) is 24.5 Å². The van der Waals surface area contributed by atoms with Gasteiger partial charge in [0.25, 0.3) is 0 Å². The Kier molecular flexibility index (Phi) is 8.41. The highest BCUT2D eigenvalue weighted by Crippen LogP contribution is 2.22. The number of nitrogen functional groups attached to an aromatic ring is 1. The van der Waals surface area contributed by atoms with Crippen LogP contribution in [0.25, 0.3) is 11.2 Å². The molecule has 0 unspecified atom stereocenters. The number of aromatic amines is 1. The van der Waals surface area contributed by atoms with Crippen molar-refractivity contribution >= 4 is 40.7 Å². The molecule has 0 aliphatic carbocycles. The normalized spacial score (nSPS) is 11.0. The van der Waals surface area contributed by atoms with Crippen LogP contribution in [0.4, 0.5) is 10.2 Å². The highest BCUT2D eigenvalue weighted by atomic mass is 32.2. The average Bonchev–Trinajstić information content (AvgIpc) is 3.08. The molecule has 12 heteroatoms. The van der Waals surface area contributed by atoms with Gasteiger partial charge in [-0.15, -0.1) is 0 Å². The summed E-state index contributed by atoms with van der Waals surface area (Å²) in [6.45, 7) is 1.22. The summed E-state index contributed by atoms with van der Waals surface area (Å²) in [7, 11) is 0. The first-order valence-electron chi connectivity index (χ1n) is 10.2. The van der Waals surface area contributed by atoms with Gasteiger partial charge in [0.15, 0.2) is 16.6 Å². The minimum Gasteiger partial charge on any atom is -0.466 e. The Bertz CT molecular complexity index is 1200. The Morgan fingerprint density at radius 2 is 2.00 bits per heavy atom. The fourth-order valence-corrected chi connectivity index (χ4v) is 3.86. The molecule has 176 valence electrons. The molecule has 3 aromatic rings. The molecule has 0 atom stereocenters. The van der Waals surface area contributed by atoms with Crippen molar-refractivity contribution in [3.05, 3.63) is 45.9 Å². The minimum atomic E-state index is -0.733. The number of imidazole rings is 1. The van der Waals surface area contributed by atoms with E-state index in [1.54, 1.807) is 31.2 Å². The number of nitrogens with two attached hydrogens (primary N) is 1. The Morgan fingerprint density at radius 1 is 1.21 bits per heavy atom. The number of nitrogens with zero attached hydrogens (tertiary/aromatic N) is 3. The summed E-state index contributed by atoms with van der Waals surface area (Å²) in [5.74, 6) is -0.317. The molecule has 0 aliphatic heterocycles. The van der Waals surface area contributed by atoms with Crippen LogP contribution in [0, 0.1) is 0 Å². The van der Waals surface area contributed by atoms with Crippen molar-refractivity contribution in [2.24, 2.45) is 0 Å². The van der Waals surface area contributed by atoms with Crippen molar-refractivity contribution in [3.8, 4) is 0 Å². The van der Waals surface area contributed by atoms with Gasteiger partial charge in [0.1, 0.15) is 18.8 Å². The van der Waals surface area contributed by atoms with Crippen LogP contribution < -0.4 is 11.4 Å². The molecule has 0 radical (unpaired) electrons. The van der Waals surface area contributed by atoms with Crippen LogP contribution >= 0.6 is 11.8 Å². The van der Waals surface area contributed by atoms with Crippen molar-refractivity contribution in [3.63, 3.8) is 0 Å². The standard InChI is InChI=1S/C21H24FN5O5S/c1-2-31-15(28)6-9-33-20-25-18(23)17-19(26-20)27(21(30)24-17)12-14-5-3-4-13(10-14)11-16(29)32-8-7-22/h3-5,10H,2,6-9,11-12H2,1H3,(H,24,30)(H2,23,25,26). The van der Waals surface area contributed by atoms with Crippen molar-refractivity contribution in [1.82, 2.24) is 19.5 Å². The molecule has 0 amide bonds. The number of benzene rings is 1. The van der Waals surface area contributed by atoms with E-state index in [1.807, 2.05) is 0 Å². The van der Waals surface area contributed by atoms with E-state index < -0.39 is 18.3 Å². The number of H-pyrrole nitrogens is 1. The minimum absolute atomic E-state index is 0.00695. The summed E-state index contributed by atoms with van der Waals surface area (Å²) in [6.07, 6.45) is 0.188. The van der Waals surface area contributed by atoms with E-state index in [9.17, 15) is 18.8 Å². The largest absolute Gasteiger partial charge is 0.466 e. The number of rotatable bonds is 11. The SMILES string of the molecule is CCOC(=O)CCSc1nc(N)c2[nH]c(=O)n(Cc3cccc(CC(=O)OCCF)c3)c2n1. The van der Waals surface area contributed by atoms with Crippen molar-refractivity contribution in [1.29, 1.82) is 0 Å². The third-order valence-electron chi connectivity index (χ3n) is 4.49. The van der Waals surface area contributed by atoms with E-state index >= 15 is 0 Å². The summed E-state index contributed by atoms with van der Waals surface area (Å²) >= 11 is 1.23. The number of nitrogens with one attached hydrogen (secondary N) is 1. The van der Waals surface area contributed by atoms with Gasteiger partial charge in [-0.1, -0.05) is 36.0 Å². The van der Waals surface area contributed by atoms with E-state index in [0.29, 0.717) is 34.2 Å². The third kappa shape index (κ3) is 6.54. The van der Waals surface area contributed by atoms with Gasteiger partial charge in [0.2, 0.25) is 0 Å². The van der Waals surface area contributed by atoms with Crippen LogP contribution in [0.2, 0.25) is 0 Å². The molecule has 33 heavy (non-hydrogen) atoms. The summed E-state index contributed by atoms with van der Waals surface area (Å²) in [5, 5.41) is 0.335. The molecule has 0 spiro atoms. The quantitative estimate of drug-likeness (QED) is 0.240. The number of ether oxygens (including phenoxy) is 2. The number of carbonyl (C=O) groups is 2. The zero-order chi connectivity index (χ0) is 23.8. The smallest absolute Gasteiger partial charge is 0.328 e. The third-order valence-corrected chi connectivity index (χ3v) is 5.34. The van der Waals surface area contributed by atoms with E-state index in [4.69, 9.17) is 15.2 Å². The van der Waals surface area contributed by atoms with Crippen LogP contribution in [0.15, 0.2) is 34.2 Å². The molecule has 0 saturated heterocycles. The number of hydrogen-bond acceptors (Lipinski definition) is 9. The number of alkyl halides is 1. The zero-order valence-electron chi connectivity index (χ0n) is 18.0. The second-order valence-corrected chi connectivity index (χ2v) is 7.98. The zero-order valence-corrected chi connectivity index (χ0v) is 18.8. The summed E-state index contributed by atoms with van der Waals surface area (Å²) in [5.41, 5.74) is 7.68. The molecular weight excluding hydrogens is 453 g/mol. The van der Waals surface area contributed by atoms with Crippen molar-refractivity contribution < 1.29 is 23.5 Å². The maximum atomic E-state index is 12.6. The lowest BCUT2D eigenvalue weighted by Crippen LogP contribution is -2.18. The van der Waals surface area contributed by atoms with Gasteiger partial charge in [-0.3, -0.25) is 14.2 Å². The number of carbonyl (C=O) groups excluding carboxylic acids is 2. The fraction of sp³-hybridized carbons (Fsp3) is 0.381. The first kappa shape index (κ1) is 24.2. The maximum Gasteiger partial charge on any atom is 0.328 e. The monoisotopic (exact) mass is 477 g/mol. The first-order valence-corrected chi connectivity index (χ1v) is 11.2. The van der Waals surface area contributed by atoms with Crippen molar-refractivity contribution in [2.75, 3.05) is 31.4 Å². The molecule has 10 nitrogen and oxygen atoms in total. The van der Waals surface area contributed by atoms with Crippen LogP contribution in [0.5, 0.6) is 0 Å². The lowest BCUT2D eigenvalue weighted by atomic mass is 10.1. The molecule has 0 saturated carbocycles. The maximum absolute atomic E-state index is 12.6. The highest BCUT2D eigenvalue weighted by molar-refractivity contribution is 7.99. The predicted octanol–water partition coefficient (Wildman–Crippen LogP) is 1.85. The van der Waals surface area contributed by atoms with E-state index in [1.165, 1.54) is 16.3 Å². The second kappa shape index (κ2) is 11.5. The van der Waals surface area contributed by atoms with Gasteiger partial charge in [-0.05, 0) is 18.1 Å². The molecule has 3 N–H and O–H groups in total. The molecule has 0 aliphatic rings. The number of aromatic nitrogens is 4. The van der Waals surface area contributed by atoms with Gasteiger partial charge in [-0.2, -0.15) is 0 Å². The summed E-state index contributed by atoms with van der Waals surface area (Å²) in [6, 6.07) is 7.08. The van der Waals surface area contributed by atoms with Gasteiger partial charge >= 0.3 is 17.6 Å². The molecule has 3 rings (SSSR count). The number of hydrogen-bond donors (Lipinski definition) is 2. The molecule has 1 aromatic carbocycles. The summed E-state index contributed by atoms with van der Waals surface area (Å²) < 4.78 is 23.3.